The summed E-state index contributed by atoms with van der Waals surface area (Å²) in [5.41, 5.74) is 9.16. The molecule has 2 unspecified atom stereocenters. The van der Waals surface area contributed by atoms with E-state index >= 15 is 0 Å². The molecule has 1 aromatic heterocycles. The van der Waals surface area contributed by atoms with Crippen molar-refractivity contribution in [3.63, 3.8) is 0 Å². The second kappa shape index (κ2) is 3.96. The average molecular weight is 211 g/mol. The van der Waals surface area contributed by atoms with E-state index in [1.165, 1.54) is 0 Å². The Labute approximate surface area is 88.9 Å². The largest absolute Gasteiger partial charge is 0.326 e. The Morgan fingerprint density at radius 3 is 3.00 bits per heavy atom. The van der Waals surface area contributed by atoms with Crippen molar-refractivity contribution in [2.45, 2.75) is 38.4 Å². The van der Waals surface area contributed by atoms with Gasteiger partial charge in [0.2, 0.25) is 0 Å². The highest BCUT2D eigenvalue weighted by Gasteiger charge is 2.35. The fourth-order valence-electron chi connectivity index (χ4n) is 2.18. The molecule has 0 spiro atoms. The van der Waals surface area contributed by atoms with E-state index in [4.69, 9.17) is 5.73 Å². The second-order valence-corrected chi connectivity index (χ2v) is 4.86. The lowest BCUT2D eigenvalue weighted by molar-refractivity contribution is 0.195. The summed E-state index contributed by atoms with van der Waals surface area (Å²) < 4.78 is 0. The van der Waals surface area contributed by atoms with Gasteiger partial charge in [-0.1, -0.05) is 0 Å². The van der Waals surface area contributed by atoms with Gasteiger partial charge in [-0.2, -0.15) is 0 Å². The molecule has 2 heterocycles. The topological polar surface area (TPSA) is 42.1 Å². The maximum atomic E-state index is 6.12. The molecule has 2 rings (SSSR count). The summed E-state index contributed by atoms with van der Waals surface area (Å²) in [4.78, 5) is 6.82. The van der Waals surface area contributed by atoms with E-state index in [1.807, 2.05) is 5.51 Å². The molecule has 1 fully saturated rings. The molecule has 78 valence electrons. The molecule has 2 N–H and O–H groups in total. The van der Waals surface area contributed by atoms with E-state index in [2.05, 4.69) is 29.1 Å². The Morgan fingerprint density at radius 2 is 2.43 bits per heavy atom. The van der Waals surface area contributed by atoms with Gasteiger partial charge in [-0.15, -0.1) is 11.3 Å². The molecule has 0 aromatic carbocycles. The van der Waals surface area contributed by atoms with E-state index in [1.54, 1.807) is 11.3 Å². The van der Waals surface area contributed by atoms with Gasteiger partial charge < -0.3 is 5.73 Å². The third-order valence-electron chi connectivity index (χ3n) is 2.90. The molecular formula is C10H17N3S. The first kappa shape index (κ1) is 10.1. The zero-order chi connectivity index (χ0) is 10.1. The molecule has 2 atom stereocenters. The van der Waals surface area contributed by atoms with Crippen molar-refractivity contribution < 1.29 is 0 Å². The Balaban J connectivity index is 2.22. The third kappa shape index (κ3) is 1.69. The van der Waals surface area contributed by atoms with Crippen LogP contribution in [-0.4, -0.2) is 28.5 Å². The Bertz CT molecular complexity index is 284. The van der Waals surface area contributed by atoms with E-state index in [0.29, 0.717) is 12.1 Å². The first-order chi connectivity index (χ1) is 6.70. The van der Waals surface area contributed by atoms with Crippen LogP contribution in [-0.2, 0) is 0 Å². The zero-order valence-electron chi connectivity index (χ0n) is 8.68. The minimum Gasteiger partial charge on any atom is -0.326 e. The molecule has 1 saturated heterocycles. The molecule has 0 saturated carbocycles. The highest BCUT2D eigenvalue weighted by atomic mass is 32.1. The summed E-state index contributed by atoms with van der Waals surface area (Å²) in [6.45, 7) is 5.54. The maximum Gasteiger partial charge on any atom is 0.0795 e. The van der Waals surface area contributed by atoms with Crippen molar-refractivity contribution in [1.29, 1.82) is 0 Å². The lowest BCUT2D eigenvalue weighted by Crippen LogP contribution is -2.36. The number of hydrogen-bond acceptors (Lipinski definition) is 4. The van der Waals surface area contributed by atoms with Crippen LogP contribution in [0.15, 0.2) is 10.9 Å². The fourth-order valence-corrected chi connectivity index (χ4v) is 2.76. The van der Waals surface area contributed by atoms with E-state index in [9.17, 15) is 0 Å². The molecule has 3 nitrogen and oxygen atoms in total. The minimum absolute atomic E-state index is 0.250. The van der Waals surface area contributed by atoms with Crippen LogP contribution in [0.3, 0.4) is 0 Å². The van der Waals surface area contributed by atoms with Crippen LogP contribution in [0.2, 0.25) is 0 Å². The van der Waals surface area contributed by atoms with Gasteiger partial charge in [-0.3, -0.25) is 4.90 Å². The summed E-state index contributed by atoms with van der Waals surface area (Å²) >= 11 is 1.65. The van der Waals surface area contributed by atoms with Crippen molar-refractivity contribution in [3.05, 3.63) is 16.6 Å². The number of thiazole rings is 1. The highest BCUT2D eigenvalue weighted by molar-refractivity contribution is 7.07. The summed E-state index contributed by atoms with van der Waals surface area (Å²) in [7, 11) is 0. The third-order valence-corrected chi connectivity index (χ3v) is 3.51. The molecule has 1 aliphatic heterocycles. The molecule has 14 heavy (non-hydrogen) atoms. The number of nitrogens with zero attached hydrogens (tertiary/aromatic N) is 2. The first-order valence-corrected chi connectivity index (χ1v) is 6.04. The van der Waals surface area contributed by atoms with E-state index < -0.39 is 0 Å². The number of likely N-dealkylation sites (tertiary alicyclic amines) is 1. The van der Waals surface area contributed by atoms with Gasteiger partial charge in [0.15, 0.2) is 0 Å². The molecular weight excluding hydrogens is 194 g/mol. The van der Waals surface area contributed by atoms with Crippen molar-refractivity contribution >= 4 is 11.3 Å². The van der Waals surface area contributed by atoms with Gasteiger partial charge >= 0.3 is 0 Å². The Kier molecular flexibility index (Phi) is 2.85. The molecule has 1 aliphatic rings. The number of nitrogens with two attached hydrogens (primary N) is 1. The van der Waals surface area contributed by atoms with Crippen molar-refractivity contribution in [2.24, 2.45) is 5.73 Å². The van der Waals surface area contributed by atoms with Crippen molar-refractivity contribution in [1.82, 2.24) is 9.88 Å². The number of hydrogen-bond donors (Lipinski definition) is 1. The summed E-state index contributed by atoms with van der Waals surface area (Å²) in [6.07, 6.45) is 1.08. The zero-order valence-corrected chi connectivity index (χ0v) is 9.50. The first-order valence-electron chi connectivity index (χ1n) is 5.09. The molecule has 0 radical (unpaired) electrons. The van der Waals surface area contributed by atoms with E-state index in [0.717, 1.165) is 18.7 Å². The van der Waals surface area contributed by atoms with Gasteiger partial charge in [0, 0.05) is 24.0 Å². The van der Waals surface area contributed by atoms with Gasteiger partial charge in [0.05, 0.1) is 17.2 Å². The molecule has 0 bridgehead atoms. The van der Waals surface area contributed by atoms with Crippen LogP contribution in [0.25, 0.3) is 0 Å². The average Bonchev–Trinajstić information content (AvgIpc) is 2.71. The lowest BCUT2D eigenvalue weighted by Gasteiger charge is -2.28. The molecule has 1 aromatic rings. The van der Waals surface area contributed by atoms with Crippen LogP contribution in [0.5, 0.6) is 0 Å². The second-order valence-electron chi connectivity index (χ2n) is 4.14. The summed E-state index contributed by atoms with van der Waals surface area (Å²) in [5, 5.41) is 2.12. The van der Waals surface area contributed by atoms with Crippen LogP contribution in [0, 0.1) is 0 Å². The predicted molar refractivity (Wildman–Crippen MR) is 59.3 cm³/mol. The van der Waals surface area contributed by atoms with Crippen molar-refractivity contribution in [2.75, 3.05) is 6.54 Å². The molecule has 0 amide bonds. The normalized spacial score (nSPS) is 28.9. The van der Waals surface area contributed by atoms with Gasteiger partial charge in [0.25, 0.3) is 0 Å². The van der Waals surface area contributed by atoms with Crippen LogP contribution < -0.4 is 5.73 Å². The number of aromatic nitrogens is 1. The maximum absolute atomic E-state index is 6.12. The predicted octanol–water partition coefficient (Wildman–Crippen LogP) is 1.63. The Hall–Kier alpha value is -0.450. The quantitative estimate of drug-likeness (QED) is 0.808. The summed E-state index contributed by atoms with van der Waals surface area (Å²) in [5.74, 6) is 0. The number of rotatable bonds is 2. The lowest BCUT2D eigenvalue weighted by atomic mass is 10.1. The highest BCUT2D eigenvalue weighted by Crippen LogP contribution is 2.32. The molecule has 0 aliphatic carbocycles. The smallest absolute Gasteiger partial charge is 0.0795 e. The van der Waals surface area contributed by atoms with Crippen LogP contribution >= 0.6 is 11.3 Å². The van der Waals surface area contributed by atoms with Crippen molar-refractivity contribution in [3.8, 4) is 0 Å². The van der Waals surface area contributed by atoms with E-state index in [-0.39, 0.29) is 6.04 Å². The van der Waals surface area contributed by atoms with Gasteiger partial charge in [-0.05, 0) is 20.3 Å². The SMILES string of the molecule is CC(C)N1CCC(N)C1c1cscn1. The standard InChI is InChI=1S/C10H17N3S/c1-7(2)13-4-3-8(11)10(13)9-5-14-6-12-9/h5-8,10H,3-4,11H2,1-2H3. The fraction of sp³-hybridized carbons (Fsp3) is 0.700. The van der Waals surface area contributed by atoms with Crippen LogP contribution in [0.1, 0.15) is 32.0 Å². The monoisotopic (exact) mass is 211 g/mol. The minimum atomic E-state index is 0.250. The molecule has 4 heteroatoms. The summed E-state index contributed by atoms with van der Waals surface area (Å²) in [6, 6.07) is 1.14. The Morgan fingerprint density at radius 1 is 1.64 bits per heavy atom. The van der Waals surface area contributed by atoms with Gasteiger partial charge in [0.1, 0.15) is 0 Å². The van der Waals surface area contributed by atoms with Crippen LogP contribution in [0.4, 0.5) is 0 Å². The van der Waals surface area contributed by atoms with Gasteiger partial charge in [-0.25, -0.2) is 4.98 Å².